The SMILES string of the molecule is CCNC(=NCC(C)(C)SC)NC1CCS(=O)(=O)C1.I. The Morgan fingerprint density at radius 3 is 2.55 bits per heavy atom. The minimum atomic E-state index is -2.85. The molecule has 1 aliphatic rings. The van der Waals surface area contributed by atoms with Gasteiger partial charge in [0.25, 0.3) is 0 Å². The first-order chi connectivity index (χ1) is 8.78. The van der Waals surface area contributed by atoms with Gasteiger partial charge in [0, 0.05) is 17.3 Å². The second kappa shape index (κ2) is 8.67. The maximum atomic E-state index is 11.4. The van der Waals surface area contributed by atoms with Crippen LogP contribution >= 0.6 is 35.7 Å². The van der Waals surface area contributed by atoms with Crippen molar-refractivity contribution in [2.75, 3.05) is 30.9 Å². The van der Waals surface area contributed by atoms with Crippen LogP contribution in [-0.4, -0.2) is 56.0 Å². The van der Waals surface area contributed by atoms with Crippen molar-refractivity contribution in [1.29, 1.82) is 0 Å². The number of sulfone groups is 1. The zero-order valence-corrected chi connectivity index (χ0v) is 16.6. The number of nitrogens with zero attached hydrogens (tertiary/aromatic N) is 1. The molecule has 0 saturated carbocycles. The molecule has 0 amide bonds. The Balaban J connectivity index is 0.00000361. The van der Waals surface area contributed by atoms with Crippen LogP contribution in [0.25, 0.3) is 0 Å². The van der Waals surface area contributed by atoms with Crippen molar-refractivity contribution in [3.05, 3.63) is 0 Å². The molecule has 5 nitrogen and oxygen atoms in total. The van der Waals surface area contributed by atoms with E-state index in [9.17, 15) is 8.42 Å². The average Bonchev–Trinajstić information content (AvgIpc) is 2.66. The molecule has 1 unspecified atom stereocenters. The van der Waals surface area contributed by atoms with E-state index in [1.54, 1.807) is 11.8 Å². The van der Waals surface area contributed by atoms with E-state index in [2.05, 4.69) is 35.7 Å². The Morgan fingerprint density at radius 2 is 2.10 bits per heavy atom. The third kappa shape index (κ3) is 7.35. The molecule has 20 heavy (non-hydrogen) atoms. The smallest absolute Gasteiger partial charge is 0.191 e. The van der Waals surface area contributed by atoms with E-state index < -0.39 is 9.84 Å². The predicted octanol–water partition coefficient (Wildman–Crippen LogP) is 1.49. The molecule has 1 heterocycles. The molecule has 0 radical (unpaired) electrons. The van der Waals surface area contributed by atoms with Gasteiger partial charge in [0.15, 0.2) is 15.8 Å². The third-order valence-corrected chi connectivity index (χ3v) is 6.09. The summed E-state index contributed by atoms with van der Waals surface area (Å²) >= 11 is 1.77. The predicted molar refractivity (Wildman–Crippen MR) is 99.2 cm³/mol. The molecular formula is C12H26IN3O2S2. The fourth-order valence-corrected chi connectivity index (χ4v) is 3.62. The first kappa shape index (κ1) is 20.3. The fraction of sp³-hybridized carbons (Fsp3) is 0.917. The van der Waals surface area contributed by atoms with Crippen LogP contribution in [0, 0.1) is 0 Å². The van der Waals surface area contributed by atoms with Crippen LogP contribution in [0.2, 0.25) is 0 Å². The standard InChI is InChI=1S/C12H25N3O2S2.HI/c1-5-13-11(14-9-12(2,3)18-4)15-10-6-7-19(16,17)8-10;/h10H,5-9H2,1-4H3,(H2,13,14,15);1H. The summed E-state index contributed by atoms with van der Waals surface area (Å²) in [5.41, 5.74) is 0. The van der Waals surface area contributed by atoms with E-state index in [0.29, 0.717) is 18.9 Å². The van der Waals surface area contributed by atoms with E-state index in [1.165, 1.54) is 0 Å². The van der Waals surface area contributed by atoms with Crippen LogP contribution in [-0.2, 0) is 9.84 Å². The number of aliphatic imine (C=N–C) groups is 1. The van der Waals surface area contributed by atoms with Crippen molar-refractivity contribution in [3.8, 4) is 0 Å². The Kier molecular flexibility index (Phi) is 8.80. The topological polar surface area (TPSA) is 70.6 Å². The third-order valence-electron chi connectivity index (χ3n) is 3.09. The average molecular weight is 435 g/mol. The summed E-state index contributed by atoms with van der Waals surface area (Å²) in [7, 11) is -2.85. The normalized spacial score (nSPS) is 22.2. The first-order valence-corrected chi connectivity index (χ1v) is 9.63. The molecule has 0 aliphatic carbocycles. The highest BCUT2D eigenvalue weighted by Crippen LogP contribution is 2.21. The Morgan fingerprint density at radius 1 is 1.45 bits per heavy atom. The Bertz CT molecular complexity index is 424. The van der Waals surface area contributed by atoms with Gasteiger partial charge in [-0.15, -0.1) is 24.0 Å². The van der Waals surface area contributed by atoms with Crippen LogP contribution < -0.4 is 10.6 Å². The molecule has 8 heteroatoms. The van der Waals surface area contributed by atoms with Gasteiger partial charge in [-0.1, -0.05) is 0 Å². The highest BCUT2D eigenvalue weighted by molar-refractivity contribution is 14.0. The van der Waals surface area contributed by atoms with Gasteiger partial charge >= 0.3 is 0 Å². The van der Waals surface area contributed by atoms with Gasteiger partial charge in [-0.3, -0.25) is 4.99 Å². The molecule has 0 aromatic rings. The lowest BCUT2D eigenvalue weighted by molar-refractivity contribution is 0.599. The van der Waals surface area contributed by atoms with E-state index in [1.807, 2.05) is 6.92 Å². The lowest BCUT2D eigenvalue weighted by Gasteiger charge is -2.21. The molecule has 0 aromatic heterocycles. The number of thioether (sulfide) groups is 1. The van der Waals surface area contributed by atoms with Crippen molar-refractivity contribution in [2.24, 2.45) is 4.99 Å². The number of rotatable bonds is 5. The number of hydrogen-bond acceptors (Lipinski definition) is 4. The molecule has 1 rings (SSSR count). The molecule has 1 atom stereocenters. The van der Waals surface area contributed by atoms with Gasteiger partial charge in [-0.2, -0.15) is 11.8 Å². The summed E-state index contributed by atoms with van der Waals surface area (Å²) in [6.07, 6.45) is 2.73. The fourth-order valence-electron chi connectivity index (χ4n) is 1.76. The summed E-state index contributed by atoms with van der Waals surface area (Å²) in [6, 6.07) is -0.0137. The van der Waals surface area contributed by atoms with Crippen LogP contribution in [0.1, 0.15) is 27.2 Å². The molecule has 120 valence electrons. The number of nitrogens with one attached hydrogen (secondary N) is 2. The van der Waals surface area contributed by atoms with Crippen molar-refractivity contribution < 1.29 is 8.42 Å². The molecule has 0 spiro atoms. The monoisotopic (exact) mass is 435 g/mol. The van der Waals surface area contributed by atoms with Crippen LogP contribution in [0.3, 0.4) is 0 Å². The maximum absolute atomic E-state index is 11.4. The lowest BCUT2D eigenvalue weighted by Crippen LogP contribution is -2.44. The van der Waals surface area contributed by atoms with E-state index in [-0.39, 0.29) is 46.3 Å². The highest BCUT2D eigenvalue weighted by Gasteiger charge is 2.28. The van der Waals surface area contributed by atoms with Crippen molar-refractivity contribution in [2.45, 2.75) is 38.0 Å². The zero-order chi connectivity index (χ0) is 14.5. The molecule has 1 saturated heterocycles. The van der Waals surface area contributed by atoms with Crippen LogP contribution in [0.5, 0.6) is 0 Å². The maximum Gasteiger partial charge on any atom is 0.191 e. The molecule has 2 N–H and O–H groups in total. The summed E-state index contributed by atoms with van der Waals surface area (Å²) in [5.74, 6) is 1.20. The second-order valence-electron chi connectivity index (χ2n) is 5.40. The molecular weight excluding hydrogens is 409 g/mol. The van der Waals surface area contributed by atoms with Gasteiger partial charge in [0.05, 0.1) is 18.1 Å². The van der Waals surface area contributed by atoms with Gasteiger partial charge in [-0.25, -0.2) is 8.42 Å². The zero-order valence-electron chi connectivity index (χ0n) is 12.6. The number of hydrogen-bond donors (Lipinski definition) is 2. The molecule has 0 bridgehead atoms. The summed E-state index contributed by atoms with van der Waals surface area (Å²) in [4.78, 5) is 4.55. The van der Waals surface area contributed by atoms with Crippen LogP contribution in [0.15, 0.2) is 4.99 Å². The quantitative estimate of drug-likeness (QED) is 0.389. The van der Waals surface area contributed by atoms with Gasteiger partial charge in [0.2, 0.25) is 0 Å². The Labute approximate surface area is 144 Å². The second-order valence-corrected chi connectivity index (χ2v) is 9.15. The Hall–Kier alpha value is 0.300. The molecule has 1 fully saturated rings. The minimum absolute atomic E-state index is 0. The summed E-state index contributed by atoms with van der Waals surface area (Å²) in [5, 5.41) is 6.39. The van der Waals surface area contributed by atoms with Crippen LogP contribution in [0.4, 0.5) is 0 Å². The molecule has 0 aromatic carbocycles. The van der Waals surface area contributed by atoms with Crippen molar-refractivity contribution in [1.82, 2.24) is 10.6 Å². The molecule has 1 aliphatic heterocycles. The largest absolute Gasteiger partial charge is 0.357 e. The van der Waals surface area contributed by atoms with E-state index >= 15 is 0 Å². The van der Waals surface area contributed by atoms with E-state index in [0.717, 1.165) is 6.54 Å². The van der Waals surface area contributed by atoms with Gasteiger partial charge in [0.1, 0.15) is 0 Å². The van der Waals surface area contributed by atoms with E-state index in [4.69, 9.17) is 0 Å². The van der Waals surface area contributed by atoms with Crippen molar-refractivity contribution >= 4 is 51.5 Å². The summed E-state index contributed by atoms with van der Waals surface area (Å²) in [6.45, 7) is 7.76. The first-order valence-electron chi connectivity index (χ1n) is 6.58. The van der Waals surface area contributed by atoms with Crippen molar-refractivity contribution in [3.63, 3.8) is 0 Å². The number of guanidine groups is 1. The minimum Gasteiger partial charge on any atom is -0.357 e. The van der Waals surface area contributed by atoms with Gasteiger partial charge < -0.3 is 10.6 Å². The van der Waals surface area contributed by atoms with Gasteiger partial charge in [-0.05, 0) is 33.4 Å². The number of halogens is 1. The highest BCUT2D eigenvalue weighted by atomic mass is 127. The lowest BCUT2D eigenvalue weighted by atomic mass is 10.2. The summed E-state index contributed by atoms with van der Waals surface area (Å²) < 4.78 is 23.0.